The lowest BCUT2D eigenvalue weighted by molar-refractivity contribution is -0.384. The zero-order valence-corrected chi connectivity index (χ0v) is 11.2. The lowest BCUT2D eigenvalue weighted by Gasteiger charge is -2.14. The number of hydrogen-bond acceptors (Lipinski definition) is 5. The molecule has 0 saturated carbocycles. The molecule has 0 amide bonds. The molecule has 20 heavy (non-hydrogen) atoms. The van der Waals surface area contributed by atoms with E-state index in [9.17, 15) is 10.1 Å². The first-order valence-corrected chi connectivity index (χ1v) is 6.19. The highest BCUT2D eigenvalue weighted by Gasteiger charge is 2.09. The van der Waals surface area contributed by atoms with Crippen molar-refractivity contribution in [2.75, 3.05) is 5.32 Å². The van der Waals surface area contributed by atoms with Crippen LogP contribution in [-0.4, -0.2) is 16.0 Å². The number of ether oxygens (including phenoxy) is 1. The van der Waals surface area contributed by atoms with Crippen LogP contribution in [-0.2, 0) is 0 Å². The Balaban J connectivity index is 2.25. The fraction of sp³-hybridized carbons (Fsp3) is 0.214. The number of nitro groups is 1. The van der Waals surface area contributed by atoms with Gasteiger partial charge in [-0.1, -0.05) is 12.1 Å². The summed E-state index contributed by atoms with van der Waals surface area (Å²) in [6, 6.07) is 10.1. The van der Waals surface area contributed by atoms with E-state index in [0.717, 1.165) is 0 Å². The van der Waals surface area contributed by atoms with Crippen LogP contribution in [0.5, 0.6) is 5.75 Å². The van der Waals surface area contributed by atoms with Crippen molar-refractivity contribution in [3.63, 3.8) is 0 Å². The van der Waals surface area contributed by atoms with E-state index in [1.165, 1.54) is 18.3 Å². The van der Waals surface area contributed by atoms with Gasteiger partial charge in [0.15, 0.2) is 0 Å². The number of rotatable bonds is 5. The number of nitrogens with zero attached hydrogens (tertiary/aromatic N) is 2. The second-order valence-corrected chi connectivity index (χ2v) is 4.44. The number of nitrogens with one attached hydrogen (secondary N) is 1. The molecule has 0 radical (unpaired) electrons. The summed E-state index contributed by atoms with van der Waals surface area (Å²) >= 11 is 0. The average molecular weight is 273 g/mol. The number of para-hydroxylation sites is 2. The summed E-state index contributed by atoms with van der Waals surface area (Å²) in [5, 5.41) is 13.8. The third-order valence-electron chi connectivity index (χ3n) is 2.47. The molecule has 1 heterocycles. The van der Waals surface area contributed by atoms with E-state index in [4.69, 9.17) is 4.74 Å². The third kappa shape index (κ3) is 3.44. The van der Waals surface area contributed by atoms with Gasteiger partial charge in [-0.05, 0) is 26.0 Å². The van der Waals surface area contributed by atoms with Crippen molar-refractivity contribution in [3.05, 3.63) is 52.7 Å². The standard InChI is InChI=1S/C14H15N3O3/c1-10(2)20-13-6-4-3-5-12(13)16-14-9-11(17(18)19)7-8-15-14/h3-10H,1-2H3,(H,15,16). The monoisotopic (exact) mass is 273 g/mol. The minimum Gasteiger partial charge on any atom is -0.489 e. The van der Waals surface area contributed by atoms with Crippen LogP contribution in [0.4, 0.5) is 17.2 Å². The largest absolute Gasteiger partial charge is 0.489 e. The highest BCUT2D eigenvalue weighted by atomic mass is 16.6. The molecule has 0 fully saturated rings. The van der Waals surface area contributed by atoms with Crippen LogP contribution in [0.3, 0.4) is 0 Å². The number of aromatic nitrogens is 1. The molecule has 0 aliphatic rings. The molecule has 0 aliphatic carbocycles. The van der Waals surface area contributed by atoms with Crippen LogP contribution < -0.4 is 10.1 Å². The minimum absolute atomic E-state index is 0.00948. The minimum atomic E-state index is -0.455. The van der Waals surface area contributed by atoms with Gasteiger partial charge >= 0.3 is 0 Å². The first kappa shape index (κ1) is 13.8. The molecule has 1 aromatic heterocycles. The van der Waals surface area contributed by atoms with Crippen molar-refractivity contribution in [2.45, 2.75) is 20.0 Å². The first-order chi connectivity index (χ1) is 9.56. The normalized spacial score (nSPS) is 10.3. The first-order valence-electron chi connectivity index (χ1n) is 6.19. The number of anilines is 2. The summed E-state index contributed by atoms with van der Waals surface area (Å²) in [7, 11) is 0. The molecule has 0 atom stereocenters. The fourth-order valence-corrected chi connectivity index (χ4v) is 1.67. The lowest BCUT2D eigenvalue weighted by Crippen LogP contribution is -2.07. The summed E-state index contributed by atoms with van der Waals surface area (Å²) in [4.78, 5) is 14.4. The van der Waals surface area contributed by atoms with Crippen molar-refractivity contribution in [1.29, 1.82) is 0 Å². The smallest absolute Gasteiger partial charge is 0.274 e. The van der Waals surface area contributed by atoms with Crippen molar-refractivity contribution in [1.82, 2.24) is 4.98 Å². The predicted molar refractivity (Wildman–Crippen MR) is 76.4 cm³/mol. The van der Waals surface area contributed by atoms with Crippen molar-refractivity contribution in [3.8, 4) is 5.75 Å². The van der Waals surface area contributed by atoms with Gasteiger partial charge < -0.3 is 10.1 Å². The van der Waals surface area contributed by atoms with Gasteiger partial charge in [0, 0.05) is 12.3 Å². The molecule has 0 spiro atoms. The van der Waals surface area contributed by atoms with Gasteiger partial charge in [0.2, 0.25) is 0 Å². The van der Waals surface area contributed by atoms with Crippen molar-refractivity contribution >= 4 is 17.2 Å². The van der Waals surface area contributed by atoms with Gasteiger partial charge in [0.05, 0.1) is 22.8 Å². The second kappa shape index (κ2) is 6.01. The highest BCUT2D eigenvalue weighted by Crippen LogP contribution is 2.28. The SMILES string of the molecule is CC(C)Oc1ccccc1Nc1cc([N+](=O)[O-])ccn1. The Morgan fingerprint density at radius 1 is 1.30 bits per heavy atom. The summed E-state index contributed by atoms with van der Waals surface area (Å²) < 4.78 is 5.67. The molecule has 104 valence electrons. The maximum atomic E-state index is 10.7. The van der Waals surface area contributed by atoms with Crippen molar-refractivity contribution < 1.29 is 9.66 Å². The topological polar surface area (TPSA) is 77.3 Å². The fourth-order valence-electron chi connectivity index (χ4n) is 1.67. The number of pyridine rings is 1. The van der Waals surface area contributed by atoms with E-state index in [2.05, 4.69) is 10.3 Å². The average Bonchev–Trinajstić information content (AvgIpc) is 2.41. The Morgan fingerprint density at radius 2 is 2.05 bits per heavy atom. The van der Waals surface area contributed by atoms with E-state index in [1.54, 1.807) is 0 Å². The predicted octanol–water partition coefficient (Wildman–Crippen LogP) is 3.52. The van der Waals surface area contributed by atoms with Gasteiger partial charge in [-0.25, -0.2) is 4.98 Å². The summed E-state index contributed by atoms with van der Waals surface area (Å²) in [5.41, 5.74) is 0.707. The molecule has 1 N–H and O–H groups in total. The van der Waals surface area contributed by atoms with Crippen LogP contribution >= 0.6 is 0 Å². The molecular weight excluding hydrogens is 258 g/mol. The van der Waals surface area contributed by atoms with Gasteiger partial charge in [-0.3, -0.25) is 10.1 Å². The summed E-state index contributed by atoms with van der Waals surface area (Å²) in [5.74, 6) is 1.08. The Kier molecular flexibility index (Phi) is 4.14. The van der Waals surface area contributed by atoms with Crippen molar-refractivity contribution in [2.24, 2.45) is 0 Å². The lowest BCUT2D eigenvalue weighted by atomic mass is 10.3. The molecular formula is C14H15N3O3. The van der Waals surface area contributed by atoms with Gasteiger partial charge in [0.25, 0.3) is 5.69 Å². The zero-order valence-electron chi connectivity index (χ0n) is 11.2. The second-order valence-electron chi connectivity index (χ2n) is 4.44. The molecule has 0 saturated heterocycles. The highest BCUT2D eigenvalue weighted by molar-refractivity contribution is 5.65. The van der Waals surface area contributed by atoms with Crippen LogP contribution in [0.1, 0.15) is 13.8 Å². The van der Waals surface area contributed by atoms with Crippen LogP contribution in [0.15, 0.2) is 42.6 Å². The molecule has 6 nitrogen and oxygen atoms in total. The Bertz CT molecular complexity index is 614. The third-order valence-corrected chi connectivity index (χ3v) is 2.47. The molecule has 2 rings (SSSR count). The molecule has 1 aromatic carbocycles. The Labute approximate surface area is 116 Å². The van der Waals surface area contributed by atoms with E-state index >= 15 is 0 Å². The van der Waals surface area contributed by atoms with E-state index in [-0.39, 0.29) is 11.8 Å². The van der Waals surface area contributed by atoms with E-state index in [1.807, 2.05) is 38.1 Å². The molecule has 2 aromatic rings. The quantitative estimate of drug-likeness (QED) is 0.666. The van der Waals surface area contributed by atoms with E-state index < -0.39 is 4.92 Å². The molecule has 6 heteroatoms. The Hall–Kier alpha value is -2.63. The van der Waals surface area contributed by atoms with Gasteiger partial charge in [-0.2, -0.15) is 0 Å². The van der Waals surface area contributed by atoms with Crippen LogP contribution in [0.2, 0.25) is 0 Å². The zero-order chi connectivity index (χ0) is 14.5. The van der Waals surface area contributed by atoms with Crippen LogP contribution in [0, 0.1) is 10.1 Å². The maximum absolute atomic E-state index is 10.7. The molecule has 0 aliphatic heterocycles. The van der Waals surface area contributed by atoms with Gasteiger partial charge in [0.1, 0.15) is 11.6 Å². The summed E-state index contributed by atoms with van der Waals surface area (Å²) in [6.45, 7) is 3.87. The number of benzene rings is 1. The molecule has 0 bridgehead atoms. The summed E-state index contributed by atoms with van der Waals surface area (Å²) in [6.07, 6.45) is 1.43. The van der Waals surface area contributed by atoms with Gasteiger partial charge in [-0.15, -0.1) is 0 Å². The molecule has 0 unspecified atom stereocenters. The number of hydrogen-bond donors (Lipinski definition) is 1. The Morgan fingerprint density at radius 3 is 2.75 bits per heavy atom. The van der Waals surface area contributed by atoms with E-state index in [0.29, 0.717) is 17.3 Å². The van der Waals surface area contributed by atoms with Crippen LogP contribution in [0.25, 0.3) is 0 Å². The maximum Gasteiger partial charge on any atom is 0.274 e.